The van der Waals surface area contributed by atoms with Gasteiger partial charge in [-0.1, -0.05) is 17.7 Å². The van der Waals surface area contributed by atoms with Gasteiger partial charge in [-0.15, -0.1) is 5.10 Å². The van der Waals surface area contributed by atoms with E-state index in [4.69, 9.17) is 11.6 Å². The molecule has 0 saturated heterocycles. The van der Waals surface area contributed by atoms with E-state index >= 15 is 0 Å². The summed E-state index contributed by atoms with van der Waals surface area (Å²) in [5.41, 5.74) is 6.45. The van der Waals surface area contributed by atoms with Crippen LogP contribution in [0.3, 0.4) is 0 Å². The molecule has 126 valence electrons. The van der Waals surface area contributed by atoms with Crippen molar-refractivity contribution >= 4 is 39.8 Å². The van der Waals surface area contributed by atoms with Crippen molar-refractivity contribution in [2.24, 2.45) is 0 Å². The van der Waals surface area contributed by atoms with Crippen LogP contribution in [-0.4, -0.2) is 19.6 Å². The van der Waals surface area contributed by atoms with Crippen molar-refractivity contribution in [1.82, 2.24) is 19.6 Å². The molecule has 0 fully saturated rings. The van der Waals surface area contributed by atoms with E-state index in [1.807, 2.05) is 49.6 Å². The molecule has 4 rings (SSSR count). The molecule has 0 atom stereocenters. The predicted molar refractivity (Wildman–Crippen MR) is 102 cm³/mol. The third kappa shape index (κ3) is 2.70. The number of fused-ring (bicyclic) bond motifs is 3. The van der Waals surface area contributed by atoms with Crippen molar-refractivity contribution in [1.29, 1.82) is 0 Å². The molecule has 1 aromatic carbocycles. The van der Waals surface area contributed by atoms with Gasteiger partial charge in [0.2, 0.25) is 0 Å². The highest BCUT2D eigenvalue weighted by atomic mass is 35.5. The number of nitrogens with one attached hydrogen (secondary N) is 1. The molecular weight excluding hydrogens is 334 g/mol. The van der Waals surface area contributed by atoms with E-state index < -0.39 is 0 Å². The van der Waals surface area contributed by atoms with Gasteiger partial charge >= 0.3 is 0 Å². The van der Waals surface area contributed by atoms with Gasteiger partial charge < -0.3 is 5.32 Å². The lowest BCUT2D eigenvalue weighted by Gasteiger charge is -2.10. The second-order valence-corrected chi connectivity index (χ2v) is 6.79. The monoisotopic (exact) mass is 351 g/mol. The molecule has 25 heavy (non-hydrogen) atoms. The quantitative estimate of drug-likeness (QED) is 0.557. The van der Waals surface area contributed by atoms with E-state index in [2.05, 4.69) is 33.4 Å². The second kappa shape index (κ2) is 5.70. The number of aromatic nitrogens is 4. The smallest absolute Gasteiger partial charge is 0.184 e. The van der Waals surface area contributed by atoms with E-state index in [0.717, 1.165) is 50.1 Å². The van der Waals surface area contributed by atoms with Crippen LogP contribution >= 0.6 is 11.6 Å². The Bertz CT molecular complexity index is 1130. The fourth-order valence-corrected chi connectivity index (χ4v) is 3.23. The number of pyridine rings is 1. The van der Waals surface area contributed by atoms with Crippen LogP contribution in [-0.2, 0) is 0 Å². The molecule has 0 unspecified atom stereocenters. The lowest BCUT2D eigenvalue weighted by Crippen LogP contribution is -2.02. The number of benzene rings is 1. The van der Waals surface area contributed by atoms with Gasteiger partial charge in [-0.3, -0.25) is 0 Å². The molecule has 0 bridgehead atoms. The van der Waals surface area contributed by atoms with Gasteiger partial charge in [0, 0.05) is 28.2 Å². The molecule has 0 aliphatic carbocycles. The van der Waals surface area contributed by atoms with E-state index in [0.29, 0.717) is 5.65 Å². The van der Waals surface area contributed by atoms with Gasteiger partial charge in [0.15, 0.2) is 11.3 Å². The van der Waals surface area contributed by atoms with Gasteiger partial charge in [-0.05, 0) is 57.0 Å². The molecule has 0 aliphatic heterocycles. The van der Waals surface area contributed by atoms with Crippen molar-refractivity contribution in [3.05, 3.63) is 57.9 Å². The van der Waals surface area contributed by atoms with Crippen molar-refractivity contribution in [3.63, 3.8) is 0 Å². The third-order valence-electron chi connectivity index (χ3n) is 4.24. The van der Waals surface area contributed by atoms with Crippen LogP contribution in [0.15, 0.2) is 30.3 Å². The number of halogens is 1. The zero-order valence-electron chi connectivity index (χ0n) is 14.6. The first-order valence-electron chi connectivity index (χ1n) is 8.10. The highest BCUT2D eigenvalue weighted by Gasteiger charge is 2.14. The summed E-state index contributed by atoms with van der Waals surface area (Å²) in [6.45, 7) is 8.00. The Morgan fingerprint density at radius 1 is 0.920 bits per heavy atom. The molecule has 3 aromatic heterocycles. The molecule has 5 nitrogen and oxygen atoms in total. The molecular formula is C19H18ClN5. The average molecular weight is 352 g/mol. The average Bonchev–Trinajstić information content (AvgIpc) is 2.89. The predicted octanol–water partition coefficient (Wildman–Crippen LogP) is 4.91. The highest BCUT2D eigenvalue weighted by Crippen LogP contribution is 2.27. The SMILES string of the molecule is Cc1cc(C)c2c(n1)nn1c(Nc3ccc(C)c(Cl)c3)cc(C)nc21. The number of hydrogen-bond donors (Lipinski definition) is 1. The van der Waals surface area contributed by atoms with E-state index in [-0.39, 0.29) is 0 Å². The van der Waals surface area contributed by atoms with Crippen molar-refractivity contribution in [2.75, 3.05) is 5.32 Å². The van der Waals surface area contributed by atoms with E-state index in [1.165, 1.54) is 0 Å². The molecule has 1 N–H and O–H groups in total. The minimum atomic E-state index is 0.709. The van der Waals surface area contributed by atoms with Crippen LogP contribution in [0.25, 0.3) is 16.7 Å². The van der Waals surface area contributed by atoms with Crippen LogP contribution in [0.4, 0.5) is 11.5 Å². The summed E-state index contributed by atoms with van der Waals surface area (Å²) in [5.74, 6) is 0.831. The second-order valence-electron chi connectivity index (χ2n) is 6.39. The number of anilines is 2. The number of hydrogen-bond acceptors (Lipinski definition) is 4. The van der Waals surface area contributed by atoms with Gasteiger partial charge in [-0.2, -0.15) is 4.52 Å². The number of rotatable bonds is 2. The number of aryl methyl sites for hydroxylation is 4. The molecule has 0 radical (unpaired) electrons. The van der Waals surface area contributed by atoms with Gasteiger partial charge in [0.05, 0.1) is 5.39 Å². The molecule has 0 aliphatic rings. The normalized spacial score (nSPS) is 11.4. The summed E-state index contributed by atoms with van der Waals surface area (Å²) >= 11 is 6.25. The summed E-state index contributed by atoms with van der Waals surface area (Å²) in [4.78, 5) is 9.24. The first kappa shape index (κ1) is 15.8. The summed E-state index contributed by atoms with van der Waals surface area (Å²) in [7, 11) is 0. The zero-order valence-corrected chi connectivity index (χ0v) is 15.3. The summed E-state index contributed by atoms with van der Waals surface area (Å²) in [6.07, 6.45) is 0. The molecule has 0 saturated carbocycles. The van der Waals surface area contributed by atoms with Crippen molar-refractivity contribution in [3.8, 4) is 0 Å². The first-order valence-corrected chi connectivity index (χ1v) is 8.47. The molecule has 0 amide bonds. The summed E-state index contributed by atoms with van der Waals surface area (Å²) < 4.78 is 1.81. The van der Waals surface area contributed by atoms with Crippen LogP contribution < -0.4 is 5.32 Å². The van der Waals surface area contributed by atoms with E-state index in [1.54, 1.807) is 0 Å². The Kier molecular flexibility index (Phi) is 3.62. The maximum absolute atomic E-state index is 6.25. The Hall–Kier alpha value is -2.66. The Labute approximate surface area is 150 Å². The molecule has 6 heteroatoms. The topological polar surface area (TPSA) is 55.1 Å². The molecule has 4 aromatic rings. The lowest BCUT2D eigenvalue weighted by molar-refractivity contribution is 0.944. The van der Waals surface area contributed by atoms with Gasteiger partial charge in [0.1, 0.15) is 5.82 Å². The molecule has 3 heterocycles. The number of nitrogens with zero attached hydrogens (tertiary/aromatic N) is 4. The summed E-state index contributed by atoms with van der Waals surface area (Å²) in [6, 6.07) is 9.93. The van der Waals surface area contributed by atoms with Crippen LogP contribution in [0.2, 0.25) is 5.02 Å². The summed E-state index contributed by atoms with van der Waals surface area (Å²) in [5, 5.41) is 9.77. The maximum atomic E-state index is 6.25. The van der Waals surface area contributed by atoms with Crippen LogP contribution in [0.5, 0.6) is 0 Å². The fraction of sp³-hybridized carbons (Fsp3) is 0.211. The maximum Gasteiger partial charge on any atom is 0.184 e. The van der Waals surface area contributed by atoms with E-state index in [9.17, 15) is 0 Å². The standard InChI is InChI=1S/C19H18ClN5/c1-10-5-6-14(9-15(10)20)23-16-8-13(4)22-19-17-11(2)7-12(3)21-18(17)24-25(16)19/h5-9,23H,1-4H3. The Morgan fingerprint density at radius 2 is 1.68 bits per heavy atom. The molecule has 0 spiro atoms. The minimum Gasteiger partial charge on any atom is -0.340 e. The first-order chi connectivity index (χ1) is 11.9. The largest absolute Gasteiger partial charge is 0.340 e. The lowest BCUT2D eigenvalue weighted by atomic mass is 10.2. The minimum absolute atomic E-state index is 0.709. The van der Waals surface area contributed by atoms with Crippen LogP contribution in [0.1, 0.15) is 22.5 Å². The zero-order chi connectivity index (χ0) is 17.7. The van der Waals surface area contributed by atoms with Gasteiger partial charge in [0.25, 0.3) is 0 Å². The Balaban J connectivity index is 1.94. The van der Waals surface area contributed by atoms with Crippen LogP contribution in [0, 0.1) is 27.7 Å². The van der Waals surface area contributed by atoms with Crippen molar-refractivity contribution < 1.29 is 0 Å². The Morgan fingerprint density at radius 3 is 2.44 bits per heavy atom. The third-order valence-corrected chi connectivity index (χ3v) is 4.65. The fourth-order valence-electron chi connectivity index (χ4n) is 3.05. The van der Waals surface area contributed by atoms with Gasteiger partial charge in [-0.25, -0.2) is 9.97 Å². The van der Waals surface area contributed by atoms with Crippen molar-refractivity contribution in [2.45, 2.75) is 27.7 Å². The highest BCUT2D eigenvalue weighted by molar-refractivity contribution is 6.31.